The zero-order valence-corrected chi connectivity index (χ0v) is 10.4. The smallest absolute Gasteiger partial charge is 0.180 e. The molecule has 16 heavy (non-hydrogen) atoms. The highest BCUT2D eigenvalue weighted by atomic mass is 16.7. The summed E-state index contributed by atoms with van der Waals surface area (Å²) in [6.07, 6.45) is -0.286. The number of hydrogen-bond donors (Lipinski definition) is 0. The molecule has 0 aromatic heterocycles. The summed E-state index contributed by atoms with van der Waals surface area (Å²) in [6.45, 7) is 5.22. The maximum Gasteiger partial charge on any atom is 0.180 e. The Labute approximate surface area is 97.3 Å². The van der Waals surface area contributed by atoms with E-state index >= 15 is 0 Å². The monoisotopic (exact) mass is 224 g/mol. The summed E-state index contributed by atoms with van der Waals surface area (Å²) in [4.78, 5) is 0. The second kappa shape index (κ2) is 6.63. The van der Waals surface area contributed by atoms with Crippen LogP contribution >= 0.6 is 0 Å². The molecule has 90 valence electrons. The van der Waals surface area contributed by atoms with Crippen LogP contribution in [0.3, 0.4) is 0 Å². The van der Waals surface area contributed by atoms with E-state index in [0.717, 1.165) is 0 Å². The van der Waals surface area contributed by atoms with Crippen LogP contribution in [0.2, 0.25) is 0 Å². The zero-order valence-electron chi connectivity index (χ0n) is 10.4. The first-order valence-corrected chi connectivity index (χ1v) is 5.37. The number of methoxy groups -OCH3 is 2. The molecule has 0 saturated carbocycles. The number of benzene rings is 1. The highest BCUT2D eigenvalue weighted by Crippen LogP contribution is 2.11. The Morgan fingerprint density at radius 1 is 1.12 bits per heavy atom. The molecule has 3 nitrogen and oxygen atoms in total. The van der Waals surface area contributed by atoms with Crippen molar-refractivity contribution in [1.82, 2.24) is 0 Å². The summed E-state index contributed by atoms with van der Waals surface area (Å²) in [7, 11) is 3.21. The van der Waals surface area contributed by atoms with Gasteiger partial charge in [0.25, 0.3) is 0 Å². The quantitative estimate of drug-likeness (QED) is 0.695. The highest BCUT2D eigenvalue weighted by Gasteiger charge is 2.05. The van der Waals surface area contributed by atoms with Gasteiger partial charge < -0.3 is 14.2 Å². The van der Waals surface area contributed by atoms with Crippen LogP contribution in [0.4, 0.5) is 0 Å². The molecule has 0 radical (unpaired) electrons. The third kappa shape index (κ3) is 3.93. The van der Waals surface area contributed by atoms with Crippen molar-refractivity contribution in [3.05, 3.63) is 34.9 Å². The highest BCUT2D eigenvalue weighted by molar-refractivity contribution is 5.29. The van der Waals surface area contributed by atoms with Gasteiger partial charge in [-0.05, 0) is 25.0 Å². The summed E-state index contributed by atoms with van der Waals surface area (Å²) in [6, 6.07) is 6.35. The van der Waals surface area contributed by atoms with Crippen LogP contribution in [0.5, 0.6) is 0 Å². The summed E-state index contributed by atoms with van der Waals surface area (Å²) in [5, 5.41) is 0. The van der Waals surface area contributed by atoms with Gasteiger partial charge in [0.05, 0.1) is 13.2 Å². The van der Waals surface area contributed by atoms with E-state index in [1.807, 2.05) is 0 Å². The number of aryl methyl sites for hydroxylation is 2. The van der Waals surface area contributed by atoms with Gasteiger partial charge in [0.2, 0.25) is 0 Å². The lowest BCUT2D eigenvalue weighted by Crippen LogP contribution is -2.20. The molecule has 0 heterocycles. The van der Waals surface area contributed by atoms with Crippen molar-refractivity contribution < 1.29 is 14.2 Å². The first-order chi connectivity index (χ1) is 7.67. The molecule has 0 amide bonds. The Hall–Kier alpha value is -0.900. The minimum atomic E-state index is -0.286. The average molecular weight is 224 g/mol. The Morgan fingerprint density at radius 2 is 1.81 bits per heavy atom. The Bertz CT molecular complexity index is 319. The summed E-state index contributed by atoms with van der Waals surface area (Å²) in [5.74, 6) is 0. The fourth-order valence-corrected chi connectivity index (χ4v) is 1.51. The van der Waals surface area contributed by atoms with Gasteiger partial charge in [0, 0.05) is 14.2 Å². The van der Waals surface area contributed by atoms with Crippen LogP contribution in [0.15, 0.2) is 18.2 Å². The normalized spacial score (nSPS) is 11.1. The van der Waals surface area contributed by atoms with Crippen LogP contribution in [-0.4, -0.2) is 27.1 Å². The third-order valence-corrected chi connectivity index (χ3v) is 2.54. The van der Waals surface area contributed by atoms with Gasteiger partial charge in [0.15, 0.2) is 6.29 Å². The van der Waals surface area contributed by atoms with Gasteiger partial charge in [-0.1, -0.05) is 23.8 Å². The molecular weight excluding hydrogens is 204 g/mol. The predicted octanol–water partition coefficient (Wildman–Crippen LogP) is 2.44. The molecule has 0 unspecified atom stereocenters. The van der Waals surface area contributed by atoms with Crippen LogP contribution in [-0.2, 0) is 20.8 Å². The van der Waals surface area contributed by atoms with E-state index in [-0.39, 0.29) is 6.29 Å². The largest absolute Gasteiger partial charge is 0.371 e. The maximum absolute atomic E-state index is 5.53. The van der Waals surface area contributed by atoms with Crippen molar-refractivity contribution in [2.75, 3.05) is 20.8 Å². The molecule has 0 bridgehead atoms. The summed E-state index contributed by atoms with van der Waals surface area (Å²) < 4.78 is 15.6. The number of ether oxygens (including phenoxy) is 3. The summed E-state index contributed by atoms with van der Waals surface area (Å²) >= 11 is 0. The SMILES string of the molecule is COC(COCc1ccc(C)cc1C)OC. The van der Waals surface area contributed by atoms with Crippen molar-refractivity contribution in [3.8, 4) is 0 Å². The van der Waals surface area contributed by atoms with Crippen molar-refractivity contribution in [2.45, 2.75) is 26.7 Å². The molecule has 3 heteroatoms. The minimum absolute atomic E-state index is 0.286. The van der Waals surface area contributed by atoms with E-state index in [1.54, 1.807) is 14.2 Å². The molecule has 0 atom stereocenters. The molecule has 0 aliphatic heterocycles. The maximum atomic E-state index is 5.53. The van der Waals surface area contributed by atoms with Crippen LogP contribution in [0, 0.1) is 13.8 Å². The van der Waals surface area contributed by atoms with Gasteiger partial charge in [-0.15, -0.1) is 0 Å². The molecule has 0 N–H and O–H groups in total. The Kier molecular flexibility index (Phi) is 5.46. The lowest BCUT2D eigenvalue weighted by Gasteiger charge is -2.14. The van der Waals surface area contributed by atoms with Crippen LogP contribution in [0.25, 0.3) is 0 Å². The van der Waals surface area contributed by atoms with Crippen molar-refractivity contribution >= 4 is 0 Å². The lowest BCUT2D eigenvalue weighted by molar-refractivity contribution is -0.142. The zero-order chi connectivity index (χ0) is 12.0. The van der Waals surface area contributed by atoms with Crippen molar-refractivity contribution in [2.24, 2.45) is 0 Å². The minimum Gasteiger partial charge on any atom is -0.371 e. The van der Waals surface area contributed by atoms with Gasteiger partial charge >= 0.3 is 0 Å². The van der Waals surface area contributed by atoms with E-state index < -0.39 is 0 Å². The fourth-order valence-electron chi connectivity index (χ4n) is 1.51. The predicted molar refractivity (Wildman–Crippen MR) is 63.4 cm³/mol. The van der Waals surface area contributed by atoms with Crippen LogP contribution < -0.4 is 0 Å². The van der Waals surface area contributed by atoms with Crippen molar-refractivity contribution in [1.29, 1.82) is 0 Å². The molecule has 0 fully saturated rings. The molecular formula is C13H20O3. The number of rotatable bonds is 6. The van der Waals surface area contributed by atoms with Gasteiger partial charge in [-0.2, -0.15) is 0 Å². The lowest BCUT2D eigenvalue weighted by atomic mass is 10.1. The second-order valence-corrected chi connectivity index (χ2v) is 3.85. The second-order valence-electron chi connectivity index (χ2n) is 3.85. The molecule has 1 aromatic rings. The Balaban J connectivity index is 2.42. The van der Waals surface area contributed by atoms with E-state index in [1.165, 1.54) is 16.7 Å². The first kappa shape index (κ1) is 13.2. The van der Waals surface area contributed by atoms with E-state index in [4.69, 9.17) is 14.2 Å². The van der Waals surface area contributed by atoms with Crippen LogP contribution in [0.1, 0.15) is 16.7 Å². The molecule has 0 aliphatic rings. The van der Waals surface area contributed by atoms with Gasteiger partial charge in [0.1, 0.15) is 0 Å². The van der Waals surface area contributed by atoms with Crippen molar-refractivity contribution in [3.63, 3.8) is 0 Å². The van der Waals surface area contributed by atoms with E-state index in [2.05, 4.69) is 32.0 Å². The Morgan fingerprint density at radius 3 is 2.38 bits per heavy atom. The van der Waals surface area contributed by atoms with E-state index in [0.29, 0.717) is 13.2 Å². The average Bonchev–Trinajstić information content (AvgIpc) is 2.27. The molecule has 0 saturated heterocycles. The molecule has 1 aromatic carbocycles. The van der Waals surface area contributed by atoms with E-state index in [9.17, 15) is 0 Å². The topological polar surface area (TPSA) is 27.7 Å². The number of hydrogen-bond acceptors (Lipinski definition) is 3. The first-order valence-electron chi connectivity index (χ1n) is 5.37. The van der Waals surface area contributed by atoms with Gasteiger partial charge in [-0.25, -0.2) is 0 Å². The summed E-state index contributed by atoms with van der Waals surface area (Å²) in [5.41, 5.74) is 3.73. The molecule has 1 rings (SSSR count). The van der Waals surface area contributed by atoms with Gasteiger partial charge in [-0.3, -0.25) is 0 Å². The standard InChI is InChI=1S/C13H20O3/c1-10-5-6-12(11(2)7-10)8-16-9-13(14-3)15-4/h5-7,13H,8-9H2,1-4H3. The third-order valence-electron chi connectivity index (χ3n) is 2.54. The fraction of sp³-hybridized carbons (Fsp3) is 0.538. The molecule has 0 aliphatic carbocycles. The molecule has 0 spiro atoms.